The maximum Gasteiger partial charge on any atom is 0.406 e. The predicted octanol–water partition coefficient (Wildman–Crippen LogP) is 3.62. The van der Waals surface area contributed by atoms with Gasteiger partial charge in [0.15, 0.2) is 0 Å². The lowest BCUT2D eigenvalue weighted by atomic mass is 9.85. The van der Waals surface area contributed by atoms with Crippen molar-refractivity contribution >= 4 is 35.3 Å². The number of carbonyl (C=O) groups is 3. The van der Waals surface area contributed by atoms with Crippen LogP contribution >= 0.6 is 11.6 Å². The van der Waals surface area contributed by atoms with Crippen molar-refractivity contribution in [2.24, 2.45) is 5.92 Å². The molecule has 9 nitrogen and oxygen atoms in total. The Bertz CT molecular complexity index is 819. The second-order valence-corrected chi connectivity index (χ2v) is 9.53. The molecule has 196 valence electrons. The van der Waals surface area contributed by atoms with Crippen LogP contribution in [0.1, 0.15) is 44.9 Å². The lowest BCUT2D eigenvalue weighted by Crippen LogP contribution is -2.50. The van der Waals surface area contributed by atoms with Crippen LogP contribution in [0.2, 0.25) is 5.02 Å². The van der Waals surface area contributed by atoms with Crippen LogP contribution in [0.15, 0.2) is 24.3 Å². The minimum absolute atomic E-state index is 0.0154. The number of benzene rings is 1. The normalized spacial score (nSPS) is 14.6. The molecule has 1 aliphatic carbocycles. The summed E-state index contributed by atoms with van der Waals surface area (Å²) in [5.41, 5.74) is 0.639. The fraction of sp³-hybridized carbons (Fsp3) is 0.640. The minimum Gasteiger partial charge on any atom is -0.453 e. The van der Waals surface area contributed by atoms with E-state index in [-0.39, 0.29) is 24.5 Å². The number of hydrogen-bond acceptors (Lipinski definition) is 5. The molecule has 0 heterocycles. The van der Waals surface area contributed by atoms with Crippen molar-refractivity contribution in [2.75, 3.05) is 52.3 Å². The quantitative estimate of drug-likeness (QED) is 0.373. The van der Waals surface area contributed by atoms with E-state index in [0.717, 1.165) is 6.42 Å². The second-order valence-electron chi connectivity index (χ2n) is 9.10. The van der Waals surface area contributed by atoms with E-state index in [1.807, 2.05) is 7.05 Å². The topological polar surface area (TPSA) is 103 Å². The summed E-state index contributed by atoms with van der Waals surface area (Å²) in [5.74, 6) is 0.395. The number of hydrogen-bond donors (Lipinski definition) is 3. The Morgan fingerprint density at radius 2 is 1.94 bits per heavy atom. The van der Waals surface area contributed by atoms with Crippen LogP contribution in [0.3, 0.4) is 0 Å². The molecule has 1 aliphatic rings. The molecule has 1 unspecified atom stereocenters. The summed E-state index contributed by atoms with van der Waals surface area (Å²) in [5, 5.41) is 9.39. The third kappa shape index (κ3) is 10.3. The third-order valence-electron chi connectivity index (χ3n) is 6.27. The number of nitrogens with zero attached hydrogens (tertiary/aromatic N) is 2. The first-order valence-corrected chi connectivity index (χ1v) is 12.8. The van der Waals surface area contributed by atoms with Gasteiger partial charge in [-0.2, -0.15) is 0 Å². The van der Waals surface area contributed by atoms with Crippen molar-refractivity contribution in [1.29, 1.82) is 0 Å². The van der Waals surface area contributed by atoms with Crippen molar-refractivity contribution < 1.29 is 19.1 Å². The SMILES string of the molecule is CNCC(CC1CCCCC1)NC(=O)N(C)CC(=O)N(CCCNC(=O)OC)c1cccc(Cl)c1. The highest BCUT2D eigenvalue weighted by Crippen LogP contribution is 2.27. The Balaban J connectivity index is 1.97. The third-order valence-corrected chi connectivity index (χ3v) is 6.51. The van der Waals surface area contributed by atoms with Gasteiger partial charge in [0.1, 0.15) is 6.54 Å². The fourth-order valence-electron chi connectivity index (χ4n) is 4.45. The van der Waals surface area contributed by atoms with Gasteiger partial charge in [0.2, 0.25) is 5.91 Å². The number of carbonyl (C=O) groups excluding carboxylic acids is 3. The highest BCUT2D eigenvalue weighted by atomic mass is 35.5. The average molecular weight is 510 g/mol. The molecule has 35 heavy (non-hydrogen) atoms. The zero-order chi connectivity index (χ0) is 25.6. The monoisotopic (exact) mass is 509 g/mol. The number of rotatable bonds is 12. The lowest BCUT2D eigenvalue weighted by Gasteiger charge is -2.30. The highest BCUT2D eigenvalue weighted by molar-refractivity contribution is 6.30. The van der Waals surface area contributed by atoms with Gasteiger partial charge in [0, 0.05) is 43.4 Å². The fourth-order valence-corrected chi connectivity index (χ4v) is 4.64. The number of likely N-dealkylation sites (N-methyl/N-ethyl adjacent to an activating group) is 2. The molecule has 0 spiro atoms. The van der Waals surface area contributed by atoms with E-state index in [4.69, 9.17) is 11.6 Å². The number of anilines is 1. The molecule has 3 N–H and O–H groups in total. The minimum atomic E-state index is -0.522. The standard InChI is InChI=1S/C25H40ClN5O4/c1-27-17-21(15-19-9-5-4-6-10-19)29-24(33)30(2)18-23(32)31(14-8-13-28-25(34)35-3)22-12-7-11-20(26)16-22/h7,11-12,16,19,21,27H,4-6,8-10,13-15,17-18H2,1-3H3,(H,28,34)(H,29,33). The van der Waals surface area contributed by atoms with Crippen molar-refractivity contribution in [3.05, 3.63) is 29.3 Å². The number of urea groups is 1. The number of amides is 4. The number of alkyl carbamates (subject to hydrolysis) is 1. The summed E-state index contributed by atoms with van der Waals surface area (Å²) in [7, 11) is 4.80. The lowest BCUT2D eigenvalue weighted by molar-refractivity contribution is -0.119. The first kappa shape index (κ1) is 28.7. The molecule has 1 aromatic rings. The number of methoxy groups -OCH3 is 1. The molecule has 0 radical (unpaired) electrons. The van der Waals surface area contributed by atoms with E-state index < -0.39 is 6.09 Å². The van der Waals surface area contributed by atoms with Crippen molar-refractivity contribution in [2.45, 2.75) is 51.0 Å². The van der Waals surface area contributed by atoms with Crippen molar-refractivity contribution in [3.63, 3.8) is 0 Å². The molecule has 0 aliphatic heterocycles. The maximum absolute atomic E-state index is 13.2. The smallest absolute Gasteiger partial charge is 0.406 e. The highest BCUT2D eigenvalue weighted by Gasteiger charge is 2.24. The van der Waals surface area contributed by atoms with E-state index in [9.17, 15) is 14.4 Å². The van der Waals surface area contributed by atoms with Crippen LogP contribution in [0.4, 0.5) is 15.3 Å². The van der Waals surface area contributed by atoms with Gasteiger partial charge < -0.3 is 30.5 Å². The van der Waals surface area contributed by atoms with E-state index >= 15 is 0 Å². The number of ether oxygens (including phenoxy) is 1. The molecule has 1 atom stereocenters. The van der Waals surface area contributed by atoms with Gasteiger partial charge in [-0.15, -0.1) is 0 Å². The summed E-state index contributed by atoms with van der Waals surface area (Å²) in [4.78, 5) is 40.4. The van der Waals surface area contributed by atoms with Crippen LogP contribution in [0, 0.1) is 5.92 Å². The molecule has 1 saturated carbocycles. The van der Waals surface area contributed by atoms with Gasteiger partial charge in [-0.25, -0.2) is 9.59 Å². The predicted molar refractivity (Wildman–Crippen MR) is 139 cm³/mol. The molecule has 10 heteroatoms. The number of nitrogens with one attached hydrogen (secondary N) is 3. The molecule has 2 rings (SSSR count). The maximum atomic E-state index is 13.2. The summed E-state index contributed by atoms with van der Waals surface area (Å²) in [6.07, 6.45) is 7.17. The van der Waals surface area contributed by atoms with Crippen LogP contribution in [0.5, 0.6) is 0 Å². The second kappa shape index (κ2) is 15.5. The van der Waals surface area contributed by atoms with Gasteiger partial charge >= 0.3 is 12.1 Å². The van der Waals surface area contributed by atoms with E-state index in [0.29, 0.717) is 42.7 Å². The first-order chi connectivity index (χ1) is 16.8. The zero-order valence-electron chi connectivity index (χ0n) is 21.1. The van der Waals surface area contributed by atoms with Crippen molar-refractivity contribution in [3.8, 4) is 0 Å². The Morgan fingerprint density at radius 1 is 1.20 bits per heavy atom. The molecule has 1 fully saturated rings. The Hall–Kier alpha value is -2.52. The molecule has 0 aromatic heterocycles. The Kier molecular flexibility index (Phi) is 12.7. The van der Waals surface area contributed by atoms with Gasteiger partial charge in [0.05, 0.1) is 7.11 Å². The Labute approximate surface area is 213 Å². The largest absolute Gasteiger partial charge is 0.453 e. The van der Waals surface area contributed by atoms with Crippen LogP contribution in [-0.2, 0) is 9.53 Å². The Morgan fingerprint density at radius 3 is 2.60 bits per heavy atom. The summed E-state index contributed by atoms with van der Waals surface area (Å²) >= 11 is 6.15. The van der Waals surface area contributed by atoms with Crippen molar-refractivity contribution in [1.82, 2.24) is 20.9 Å². The van der Waals surface area contributed by atoms with Gasteiger partial charge in [-0.05, 0) is 44.0 Å². The van der Waals surface area contributed by atoms with Gasteiger partial charge in [-0.3, -0.25) is 4.79 Å². The molecular formula is C25H40ClN5O4. The van der Waals surface area contributed by atoms with Crippen LogP contribution < -0.4 is 20.9 Å². The summed E-state index contributed by atoms with van der Waals surface area (Å²) in [6.45, 7) is 1.30. The molecule has 0 saturated heterocycles. The van der Waals surface area contributed by atoms with E-state index in [1.165, 1.54) is 44.1 Å². The number of halogens is 1. The van der Waals surface area contributed by atoms with E-state index in [1.54, 1.807) is 36.2 Å². The van der Waals surface area contributed by atoms with Gasteiger partial charge in [0.25, 0.3) is 0 Å². The van der Waals surface area contributed by atoms with E-state index in [2.05, 4.69) is 20.7 Å². The summed E-state index contributed by atoms with van der Waals surface area (Å²) < 4.78 is 4.58. The molecule has 4 amide bonds. The van der Waals surface area contributed by atoms with Gasteiger partial charge in [-0.1, -0.05) is 49.8 Å². The molecule has 1 aromatic carbocycles. The first-order valence-electron chi connectivity index (χ1n) is 12.4. The average Bonchev–Trinajstić information content (AvgIpc) is 2.84. The molecule has 0 bridgehead atoms. The molecular weight excluding hydrogens is 470 g/mol. The summed E-state index contributed by atoms with van der Waals surface area (Å²) in [6, 6.07) is 6.76. The van der Waals surface area contributed by atoms with Crippen LogP contribution in [0.25, 0.3) is 0 Å². The van der Waals surface area contributed by atoms with Crippen LogP contribution in [-0.4, -0.2) is 76.4 Å². The zero-order valence-corrected chi connectivity index (χ0v) is 21.9.